The molecule has 2 rings (SSSR count). The fourth-order valence-corrected chi connectivity index (χ4v) is 2.44. The zero-order chi connectivity index (χ0) is 15.6. The van der Waals surface area contributed by atoms with E-state index in [4.69, 9.17) is 10.3 Å². The van der Waals surface area contributed by atoms with Crippen molar-refractivity contribution in [3.63, 3.8) is 0 Å². The van der Waals surface area contributed by atoms with Gasteiger partial charge in [0.1, 0.15) is 11.5 Å². The summed E-state index contributed by atoms with van der Waals surface area (Å²) in [7, 11) is 0. The molecule has 2 aromatic rings. The molecule has 1 aromatic heterocycles. The molecule has 0 saturated heterocycles. The zero-order valence-corrected chi connectivity index (χ0v) is 12.8. The van der Waals surface area contributed by atoms with Gasteiger partial charge in [0.05, 0.1) is 6.04 Å². The van der Waals surface area contributed by atoms with Crippen molar-refractivity contribution in [3.05, 3.63) is 52.5 Å². The smallest absolute Gasteiger partial charge is 0.252 e. The minimum atomic E-state index is -0.110. The Balaban J connectivity index is 2.16. The standard InChI is InChI=1S/C16H21N3O2/c1-9-7-13(19-17)5-6-14(9)16(20)18-11(3)15-8-10(2)21-12(15)4/h5-8,11,19H,17H2,1-4H3,(H,18,20). The van der Waals surface area contributed by atoms with Gasteiger partial charge in [-0.3, -0.25) is 10.6 Å². The highest BCUT2D eigenvalue weighted by atomic mass is 16.3. The minimum absolute atomic E-state index is 0.109. The summed E-state index contributed by atoms with van der Waals surface area (Å²) < 4.78 is 5.50. The molecule has 0 spiro atoms. The highest BCUT2D eigenvalue weighted by molar-refractivity contribution is 5.96. The Morgan fingerprint density at radius 2 is 1.95 bits per heavy atom. The topological polar surface area (TPSA) is 80.3 Å². The molecular formula is C16H21N3O2. The first-order valence-electron chi connectivity index (χ1n) is 6.87. The number of nitrogen functional groups attached to an aromatic ring is 1. The van der Waals surface area contributed by atoms with Gasteiger partial charge in [0.15, 0.2) is 0 Å². The molecule has 0 radical (unpaired) electrons. The number of carbonyl (C=O) groups is 1. The van der Waals surface area contributed by atoms with Gasteiger partial charge < -0.3 is 15.2 Å². The van der Waals surface area contributed by atoms with Crippen molar-refractivity contribution in [3.8, 4) is 0 Å². The van der Waals surface area contributed by atoms with Gasteiger partial charge in [-0.2, -0.15) is 0 Å². The molecular weight excluding hydrogens is 266 g/mol. The summed E-state index contributed by atoms with van der Waals surface area (Å²) in [6.07, 6.45) is 0. The first kappa shape index (κ1) is 15.1. The predicted molar refractivity (Wildman–Crippen MR) is 83.1 cm³/mol. The van der Waals surface area contributed by atoms with E-state index in [1.54, 1.807) is 12.1 Å². The van der Waals surface area contributed by atoms with E-state index in [0.29, 0.717) is 5.56 Å². The number of carbonyl (C=O) groups excluding carboxylic acids is 1. The van der Waals surface area contributed by atoms with E-state index in [0.717, 1.165) is 28.3 Å². The lowest BCUT2D eigenvalue weighted by Gasteiger charge is -2.15. The molecule has 5 nitrogen and oxygen atoms in total. The van der Waals surface area contributed by atoms with Crippen LogP contribution in [0.3, 0.4) is 0 Å². The number of benzene rings is 1. The van der Waals surface area contributed by atoms with Crippen LogP contribution in [0.25, 0.3) is 0 Å². The predicted octanol–water partition coefficient (Wildman–Crippen LogP) is 2.98. The van der Waals surface area contributed by atoms with Crippen LogP contribution in [0.1, 0.15) is 46.0 Å². The fourth-order valence-electron chi connectivity index (χ4n) is 2.44. The summed E-state index contributed by atoms with van der Waals surface area (Å²) in [5.74, 6) is 6.93. The van der Waals surface area contributed by atoms with Crippen molar-refractivity contribution in [2.75, 3.05) is 5.43 Å². The van der Waals surface area contributed by atoms with Gasteiger partial charge in [0.25, 0.3) is 5.91 Å². The molecule has 1 heterocycles. The third-order valence-electron chi connectivity index (χ3n) is 3.53. The van der Waals surface area contributed by atoms with Gasteiger partial charge in [-0.1, -0.05) is 0 Å². The molecule has 0 saturated carbocycles. The number of furan rings is 1. The summed E-state index contributed by atoms with van der Waals surface area (Å²) in [6, 6.07) is 7.23. The number of rotatable bonds is 4. The molecule has 1 atom stereocenters. The molecule has 1 unspecified atom stereocenters. The Bertz CT molecular complexity index is 662. The molecule has 0 aliphatic rings. The summed E-state index contributed by atoms with van der Waals surface area (Å²) in [4.78, 5) is 12.4. The number of aryl methyl sites for hydroxylation is 3. The van der Waals surface area contributed by atoms with E-state index in [-0.39, 0.29) is 11.9 Å². The normalized spacial score (nSPS) is 12.0. The van der Waals surface area contributed by atoms with Crippen molar-refractivity contribution in [1.82, 2.24) is 5.32 Å². The second-order valence-corrected chi connectivity index (χ2v) is 5.24. The van der Waals surface area contributed by atoms with Crippen LogP contribution in [0.2, 0.25) is 0 Å². The van der Waals surface area contributed by atoms with Crippen LogP contribution in [0.4, 0.5) is 5.69 Å². The molecule has 0 aliphatic carbocycles. The van der Waals surface area contributed by atoms with Gasteiger partial charge in [0.2, 0.25) is 0 Å². The van der Waals surface area contributed by atoms with Crippen LogP contribution >= 0.6 is 0 Å². The number of hydrogen-bond donors (Lipinski definition) is 3. The molecule has 5 heteroatoms. The van der Waals surface area contributed by atoms with Crippen LogP contribution in [0.15, 0.2) is 28.7 Å². The number of hydrogen-bond acceptors (Lipinski definition) is 4. The average Bonchev–Trinajstić information content (AvgIpc) is 2.77. The Kier molecular flexibility index (Phi) is 4.33. The second-order valence-electron chi connectivity index (χ2n) is 5.24. The van der Waals surface area contributed by atoms with Gasteiger partial charge in [0, 0.05) is 16.8 Å². The van der Waals surface area contributed by atoms with E-state index < -0.39 is 0 Å². The Morgan fingerprint density at radius 1 is 1.24 bits per heavy atom. The molecule has 112 valence electrons. The molecule has 1 aromatic carbocycles. The van der Waals surface area contributed by atoms with Gasteiger partial charge in [-0.05, 0) is 57.5 Å². The van der Waals surface area contributed by atoms with Crippen molar-refractivity contribution in [1.29, 1.82) is 0 Å². The summed E-state index contributed by atoms with van der Waals surface area (Å²) in [6.45, 7) is 7.62. The average molecular weight is 287 g/mol. The SMILES string of the molecule is Cc1cc(C(C)NC(=O)c2ccc(NN)cc2C)c(C)o1. The van der Waals surface area contributed by atoms with E-state index in [1.165, 1.54) is 0 Å². The van der Waals surface area contributed by atoms with Crippen molar-refractivity contribution >= 4 is 11.6 Å². The van der Waals surface area contributed by atoms with E-state index >= 15 is 0 Å². The Labute approximate surface area is 124 Å². The number of anilines is 1. The monoisotopic (exact) mass is 287 g/mol. The second kappa shape index (κ2) is 6.01. The number of nitrogens with one attached hydrogen (secondary N) is 2. The first-order valence-corrected chi connectivity index (χ1v) is 6.87. The lowest BCUT2D eigenvalue weighted by Crippen LogP contribution is -2.27. The van der Waals surface area contributed by atoms with Crippen molar-refractivity contribution in [2.45, 2.75) is 33.7 Å². The third-order valence-corrected chi connectivity index (χ3v) is 3.53. The zero-order valence-electron chi connectivity index (χ0n) is 12.8. The number of hydrazine groups is 1. The van der Waals surface area contributed by atoms with Crippen molar-refractivity contribution < 1.29 is 9.21 Å². The molecule has 1 amide bonds. The molecule has 4 N–H and O–H groups in total. The molecule has 0 bridgehead atoms. The van der Waals surface area contributed by atoms with Crippen molar-refractivity contribution in [2.24, 2.45) is 5.84 Å². The molecule has 0 fully saturated rings. The largest absolute Gasteiger partial charge is 0.466 e. The van der Waals surface area contributed by atoms with Crippen LogP contribution in [0.5, 0.6) is 0 Å². The van der Waals surface area contributed by atoms with E-state index in [2.05, 4.69) is 10.7 Å². The van der Waals surface area contributed by atoms with Gasteiger partial charge in [-0.15, -0.1) is 0 Å². The van der Waals surface area contributed by atoms with Crippen LogP contribution in [0, 0.1) is 20.8 Å². The van der Waals surface area contributed by atoms with Gasteiger partial charge >= 0.3 is 0 Å². The maximum Gasteiger partial charge on any atom is 0.252 e. The number of nitrogens with two attached hydrogens (primary N) is 1. The maximum atomic E-state index is 12.4. The van der Waals surface area contributed by atoms with Crippen LogP contribution < -0.4 is 16.6 Å². The van der Waals surface area contributed by atoms with E-state index in [9.17, 15) is 4.79 Å². The lowest BCUT2D eigenvalue weighted by atomic mass is 10.1. The minimum Gasteiger partial charge on any atom is -0.466 e. The Morgan fingerprint density at radius 3 is 2.48 bits per heavy atom. The lowest BCUT2D eigenvalue weighted by molar-refractivity contribution is 0.0939. The number of amides is 1. The third kappa shape index (κ3) is 3.25. The molecule has 0 aliphatic heterocycles. The fraction of sp³-hybridized carbons (Fsp3) is 0.312. The van der Waals surface area contributed by atoms with Crippen LogP contribution in [-0.2, 0) is 0 Å². The van der Waals surface area contributed by atoms with E-state index in [1.807, 2.05) is 39.8 Å². The summed E-state index contributed by atoms with van der Waals surface area (Å²) in [5.41, 5.74) is 5.85. The summed E-state index contributed by atoms with van der Waals surface area (Å²) in [5, 5.41) is 2.99. The van der Waals surface area contributed by atoms with Crippen LogP contribution in [-0.4, -0.2) is 5.91 Å². The highest BCUT2D eigenvalue weighted by Gasteiger charge is 2.17. The first-order chi connectivity index (χ1) is 9.92. The van der Waals surface area contributed by atoms with Gasteiger partial charge in [-0.25, -0.2) is 0 Å². The molecule has 21 heavy (non-hydrogen) atoms. The quantitative estimate of drug-likeness (QED) is 0.596. The highest BCUT2D eigenvalue weighted by Crippen LogP contribution is 2.22. The maximum absolute atomic E-state index is 12.4. The Hall–Kier alpha value is -2.27. The summed E-state index contributed by atoms with van der Waals surface area (Å²) >= 11 is 0.